The van der Waals surface area contributed by atoms with Gasteiger partial charge in [0.15, 0.2) is 0 Å². The zero-order valence-electron chi connectivity index (χ0n) is 15.0. The molecule has 0 saturated carbocycles. The highest BCUT2D eigenvalue weighted by Crippen LogP contribution is 2.16. The molecule has 2 aromatic carbocycles. The Balaban J connectivity index is 2.09. The normalized spacial score (nSPS) is 11.6. The van der Waals surface area contributed by atoms with Crippen molar-refractivity contribution < 1.29 is 14.4 Å². The van der Waals surface area contributed by atoms with Crippen LogP contribution in [0.25, 0.3) is 0 Å². The first-order valence-electron chi connectivity index (χ1n) is 8.30. The first-order valence-corrected chi connectivity index (χ1v) is 8.68. The summed E-state index contributed by atoms with van der Waals surface area (Å²) in [7, 11) is 0. The molecule has 2 rings (SSSR count). The van der Waals surface area contributed by atoms with Gasteiger partial charge in [0, 0.05) is 22.0 Å². The van der Waals surface area contributed by atoms with Crippen LogP contribution >= 0.6 is 11.6 Å². The van der Waals surface area contributed by atoms with Gasteiger partial charge in [0.2, 0.25) is 5.91 Å². The number of rotatable bonds is 6. The van der Waals surface area contributed by atoms with Crippen molar-refractivity contribution in [2.24, 2.45) is 11.7 Å². The van der Waals surface area contributed by atoms with Gasteiger partial charge in [-0.1, -0.05) is 31.5 Å². The summed E-state index contributed by atoms with van der Waals surface area (Å²) in [4.78, 5) is 36.0. The minimum Gasteiger partial charge on any atom is -0.351 e. The minimum atomic E-state index is -0.749. The molecule has 27 heavy (non-hydrogen) atoms. The van der Waals surface area contributed by atoms with Gasteiger partial charge in [0.25, 0.3) is 5.91 Å². The molecule has 0 aromatic heterocycles. The molecule has 0 fully saturated rings. The second kappa shape index (κ2) is 9.05. The van der Waals surface area contributed by atoms with E-state index in [-0.39, 0.29) is 17.7 Å². The van der Waals surface area contributed by atoms with Crippen LogP contribution in [0.15, 0.2) is 48.5 Å². The number of nitrogens with two attached hydrogens (primary N) is 1. The second-order valence-corrected chi connectivity index (χ2v) is 6.70. The highest BCUT2D eigenvalue weighted by Gasteiger charge is 2.25. The third-order valence-corrected chi connectivity index (χ3v) is 3.99. The number of nitrogens with one attached hydrogen (secondary N) is 3. The van der Waals surface area contributed by atoms with E-state index in [0.29, 0.717) is 22.0 Å². The molecule has 0 heterocycles. The minimum absolute atomic E-state index is 0.145. The van der Waals surface area contributed by atoms with E-state index in [1.807, 2.05) is 13.8 Å². The highest BCUT2D eigenvalue weighted by molar-refractivity contribution is 6.30. The largest absolute Gasteiger partial charge is 0.351 e. The van der Waals surface area contributed by atoms with E-state index < -0.39 is 12.1 Å². The molecular formula is C19H21ClN4O3. The number of hydrogen-bond acceptors (Lipinski definition) is 3. The molecule has 0 saturated heterocycles. The van der Waals surface area contributed by atoms with E-state index in [9.17, 15) is 14.4 Å². The molecular weight excluding hydrogens is 368 g/mol. The number of carbonyl (C=O) groups excluding carboxylic acids is 3. The molecule has 8 heteroatoms. The van der Waals surface area contributed by atoms with Gasteiger partial charge < -0.3 is 21.7 Å². The van der Waals surface area contributed by atoms with Gasteiger partial charge in [-0.25, -0.2) is 4.79 Å². The van der Waals surface area contributed by atoms with Crippen molar-refractivity contribution in [3.63, 3.8) is 0 Å². The fourth-order valence-electron chi connectivity index (χ4n) is 2.40. The zero-order valence-corrected chi connectivity index (χ0v) is 15.7. The van der Waals surface area contributed by atoms with Crippen molar-refractivity contribution in [2.75, 3.05) is 10.6 Å². The number of benzene rings is 2. The lowest BCUT2D eigenvalue weighted by molar-refractivity contribution is -0.118. The molecule has 0 aliphatic heterocycles. The number of anilines is 2. The molecule has 0 aliphatic rings. The Kier molecular flexibility index (Phi) is 6.79. The number of primary amides is 1. The van der Waals surface area contributed by atoms with Gasteiger partial charge in [-0.05, 0) is 48.4 Å². The van der Waals surface area contributed by atoms with Crippen molar-refractivity contribution >= 4 is 40.8 Å². The van der Waals surface area contributed by atoms with E-state index in [4.69, 9.17) is 17.3 Å². The topological polar surface area (TPSA) is 113 Å². The predicted octanol–water partition coefficient (Wildman–Crippen LogP) is 3.22. The average molecular weight is 389 g/mol. The fraction of sp³-hybridized carbons (Fsp3) is 0.211. The van der Waals surface area contributed by atoms with Gasteiger partial charge in [-0.3, -0.25) is 9.59 Å². The predicted molar refractivity (Wildman–Crippen MR) is 106 cm³/mol. The van der Waals surface area contributed by atoms with Gasteiger partial charge in [0.05, 0.1) is 0 Å². The molecule has 0 spiro atoms. The fourth-order valence-corrected chi connectivity index (χ4v) is 2.52. The first-order chi connectivity index (χ1) is 12.8. The maximum atomic E-state index is 12.6. The van der Waals surface area contributed by atoms with E-state index in [0.717, 1.165) is 0 Å². The number of amides is 4. The van der Waals surface area contributed by atoms with Crippen LogP contribution in [0.5, 0.6) is 0 Å². The molecule has 1 atom stereocenters. The molecule has 5 N–H and O–H groups in total. The van der Waals surface area contributed by atoms with E-state index in [1.165, 1.54) is 0 Å². The van der Waals surface area contributed by atoms with E-state index in [2.05, 4.69) is 16.0 Å². The molecule has 0 bridgehead atoms. The quantitative estimate of drug-likeness (QED) is 0.609. The van der Waals surface area contributed by atoms with Gasteiger partial charge >= 0.3 is 6.03 Å². The average Bonchev–Trinajstić information content (AvgIpc) is 2.59. The number of halogens is 1. The third kappa shape index (κ3) is 6.00. The summed E-state index contributed by atoms with van der Waals surface area (Å²) in [5, 5.41) is 8.43. The van der Waals surface area contributed by atoms with E-state index >= 15 is 0 Å². The Morgan fingerprint density at radius 1 is 0.963 bits per heavy atom. The van der Waals surface area contributed by atoms with Crippen LogP contribution < -0.4 is 21.7 Å². The Hall–Kier alpha value is -3.06. The maximum absolute atomic E-state index is 12.6. The summed E-state index contributed by atoms with van der Waals surface area (Å²) in [6.45, 7) is 3.66. The van der Waals surface area contributed by atoms with Gasteiger partial charge in [-0.2, -0.15) is 0 Å². The maximum Gasteiger partial charge on any atom is 0.316 e. The van der Waals surface area contributed by atoms with Crippen LogP contribution in [0.1, 0.15) is 24.2 Å². The van der Waals surface area contributed by atoms with Crippen molar-refractivity contribution in [3.05, 3.63) is 59.1 Å². The summed E-state index contributed by atoms with van der Waals surface area (Å²) < 4.78 is 0. The van der Waals surface area contributed by atoms with Gasteiger partial charge in [0.1, 0.15) is 6.04 Å². The summed E-state index contributed by atoms with van der Waals surface area (Å²) >= 11 is 5.83. The van der Waals surface area contributed by atoms with Crippen LogP contribution in [0.3, 0.4) is 0 Å². The summed E-state index contributed by atoms with van der Waals surface area (Å²) in [6.07, 6.45) is 0. The van der Waals surface area contributed by atoms with Crippen molar-refractivity contribution in [1.29, 1.82) is 0 Å². The first kappa shape index (κ1) is 20.3. The lowest BCUT2D eigenvalue weighted by atomic mass is 10.0. The molecule has 0 aliphatic carbocycles. The Bertz CT molecular complexity index is 837. The lowest BCUT2D eigenvalue weighted by Gasteiger charge is -2.22. The Morgan fingerprint density at radius 2 is 1.56 bits per heavy atom. The smallest absolute Gasteiger partial charge is 0.316 e. The zero-order chi connectivity index (χ0) is 20.0. The van der Waals surface area contributed by atoms with Crippen LogP contribution in [-0.4, -0.2) is 23.9 Å². The SMILES string of the molecule is CC(C)C(NC(=O)c1ccc(Cl)cc1)C(=O)Nc1cccc(NC(N)=O)c1. The monoisotopic (exact) mass is 388 g/mol. The molecule has 4 amide bonds. The van der Waals surface area contributed by atoms with Crippen LogP contribution in [0, 0.1) is 5.92 Å². The molecule has 2 aromatic rings. The van der Waals surface area contributed by atoms with Crippen molar-refractivity contribution in [2.45, 2.75) is 19.9 Å². The Labute approximate surface area is 162 Å². The number of carbonyl (C=O) groups is 3. The molecule has 7 nitrogen and oxygen atoms in total. The molecule has 142 valence electrons. The summed E-state index contributed by atoms with van der Waals surface area (Å²) in [5.41, 5.74) is 6.42. The van der Waals surface area contributed by atoms with Gasteiger partial charge in [-0.15, -0.1) is 0 Å². The standard InChI is InChI=1S/C19H21ClN4O3/c1-11(2)16(24-17(25)12-6-8-13(20)9-7-12)18(26)22-14-4-3-5-15(10-14)23-19(21)27/h3-11,16H,1-2H3,(H,22,26)(H,24,25)(H3,21,23,27). The number of urea groups is 1. The summed E-state index contributed by atoms with van der Waals surface area (Å²) in [5.74, 6) is -0.888. The number of hydrogen-bond donors (Lipinski definition) is 4. The molecule has 0 radical (unpaired) electrons. The third-order valence-electron chi connectivity index (χ3n) is 3.74. The van der Waals surface area contributed by atoms with Crippen molar-refractivity contribution in [1.82, 2.24) is 5.32 Å². The second-order valence-electron chi connectivity index (χ2n) is 6.26. The highest BCUT2D eigenvalue weighted by atomic mass is 35.5. The van der Waals surface area contributed by atoms with Crippen LogP contribution in [-0.2, 0) is 4.79 Å². The van der Waals surface area contributed by atoms with E-state index in [1.54, 1.807) is 48.5 Å². The summed E-state index contributed by atoms with van der Waals surface area (Å²) in [6, 6.07) is 11.5. The van der Waals surface area contributed by atoms with Crippen molar-refractivity contribution in [3.8, 4) is 0 Å². The lowest BCUT2D eigenvalue weighted by Crippen LogP contribution is -2.47. The Morgan fingerprint density at radius 3 is 2.11 bits per heavy atom. The van der Waals surface area contributed by atoms with Crippen LogP contribution in [0.2, 0.25) is 5.02 Å². The van der Waals surface area contributed by atoms with Crippen LogP contribution in [0.4, 0.5) is 16.2 Å². The molecule has 1 unspecified atom stereocenters.